The van der Waals surface area contributed by atoms with Crippen LogP contribution in [0.2, 0.25) is 0 Å². The predicted octanol–water partition coefficient (Wildman–Crippen LogP) is 3.04. The number of benzene rings is 1. The van der Waals surface area contributed by atoms with E-state index in [0.29, 0.717) is 24.3 Å². The lowest BCUT2D eigenvalue weighted by atomic mass is 9.52. The van der Waals surface area contributed by atoms with Gasteiger partial charge in [-0.05, 0) is 48.4 Å². The Morgan fingerprint density at radius 2 is 2.17 bits per heavy atom. The standard InChI is InChI=1S/C23H25N3O3/c1-22-9-8-16(11-18(22)21(28)25-13-15-5-4-10-24-12-15)23(14-22)26-20(27)17-6-2-3-7-19(17)29-23/h2-7,10,12,16,18H,8-9,11,13-14H2,1H3,(H,25,28)(H,26,27)/t16-,18+,22+,23-/m0/s1. The number of rotatable bonds is 3. The Labute approximate surface area is 170 Å². The zero-order valence-corrected chi connectivity index (χ0v) is 16.5. The first-order chi connectivity index (χ1) is 14.0. The number of amides is 2. The number of nitrogens with zero attached hydrogens (tertiary/aromatic N) is 1. The molecule has 2 N–H and O–H groups in total. The van der Waals surface area contributed by atoms with Gasteiger partial charge in [0.25, 0.3) is 5.91 Å². The lowest BCUT2D eigenvalue weighted by Gasteiger charge is -2.59. The Hall–Kier alpha value is -2.89. The average molecular weight is 391 g/mol. The third-order valence-electron chi connectivity index (χ3n) is 7.01. The number of nitrogens with one attached hydrogen (secondary N) is 2. The first kappa shape index (κ1) is 18.2. The van der Waals surface area contributed by atoms with Crippen LogP contribution in [0, 0.1) is 17.3 Å². The Morgan fingerprint density at radius 3 is 2.97 bits per heavy atom. The summed E-state index contributed by atoms with van der Waals surface area (Å²) in [6.45, 7) is 2.64. The van der Waals surface area contributed by atoms with Gasteiger partial charge in [-0.25, -0.2) is 0 Å². The van der Waals surface area contributed by atoms with Crippen molar-refractivity contribution in [3.8, 4) is 5.75 Å². The number of pyridine rings is 1. The molecule has 2 heterocycles. The molecule has 4 aliphatic rings. The number of carbonyl (C=O) groups is 2. The SMILES string of the molecule is C[C@]12CC[C@@H](C[C@@H]1C(=O)NCc1cccnc1)[C@@]1(C2)NC(=O)c2ccccc2O1. The van der Waals surface area contributed by atoms with E-state index in [-0.39, 0.29) is 29.1 Å². The number of para-hydroxylation sites is 1. The summed E-state index contributed by atoms with van der Waals surface area (Å²) in [5, 5.41) is 6.25. The highest BCUT2D eigenvalue weighted by molar-refractivity contribution is 5.98. The van der Waals surface area contributed by atoms with Gasteiger partial charge in [0.15, 0.2) is 5.72 Å². The molecule has 150 valence electrons. The van der Waals surface area contributed by atoms with Crippen molar-refractivity contribution in [3.05, 3.63) is 59.9 Å². The fraction of sp³-hybridized carbons (Fsp3) is 0.435. The molecule has 4 atom stereocenters. The summed E-state index contributed by atoms with van der Waals surface area (Å²) in [5.74, 6) is 0.681. The van der Waals surface area contributed by atoms with Gasteiger partial charge in [0.05, 0.1) is 5.56 Å². The Kier molecular flexibility index (Phi) is 4.12. The number of hydrogen-bond donors (Lipinski definition) is 2. The third-order valence-corrected chi connectivity index (χ3v) is 7.01. The minimum atomic E-state index is -0.710. The van der Waals surface area contributed by atoms with Crippen molar-refractivity contribution < 1.29 is 14.3 Å². The molecule has 2 bridgehead atoms. The van der Waals surface area contributed by atoms with Crippen LogP contribution in [0.25, 0.3) is 0 Å². The fourth-order valence-electron chi connectivity index (χ4n) is 5.47. The Bertz CT molecular complexity index is 963. The van der Waals surface area contributed by atoms with Gasteiger partial charge >= 0.3 is 0 Å². The van der Waals surface area contributed by atoms with Crippen LogP contribution in [0.5, 0.6) is 5.75 Å². The minimum Gasteiger partial charge on any atom is -0.467 e. The predicted molar refractivity (Wildman–Crippen MR) is 107 cm³/mol. The highest BCUT2D eigenvalue weighted by Gasteiger charge is 2.61. The highest BCUT2D eigenvalue weighted by Crippen LogP contribution is 2.58. The summed E-state index contributed by atoms with van der Waals surface area (Å²) >= 11 is 0. The summed E-state index contributed by atoms with van der Waals surface area (Å²) in [6.07, 6.45) is 6.78. The zero-order chi connectivity index (χ0) is 20.1. The lowest BCUT2D eigenvalue weighted by Crippen LogP contribution is -2.69. The highest BCUT2D eigenvalue weighted by atomic mass is 16.5. The fourth-order valence-corrected chi connectivity index (χ4v) is 5.47. The van der Waals surface area contributed by atoms with E-state index >= 15 is 0 Å². The molecular weight excluding hydrogens is 366 g/mol. The maximum atomic E-state index is 13.0. The number of ether oxygens (including phenoxy) is 1. The molecule has 1 aromatic heterocycles. The minimum absolute atomic E-state index is 0.0819. The van der Waals surface area contributed by atoms with E-state index in [0.717, 1.165) is 24.8 Å². The molecule has 3 aliphatic carbocycles. The van der Waals surface area contributed by atoms with Crippen molar-refractivity contribution in [2.24, 2.45) is 17.3 Å². The van der Waals surface area contributed by atoms with E-state index in [1.807, 2.05) is 30.3 Å². The van der Waals surface area contributed by atoms with Gasteiger partial charge in [-0.15, -0.1) is 0 Å². The van der Waals surface area contributed by atoms with Crippen LogP contribution in [0.3, 0.4) is 0 Å². The van der Waals surface area contributed by atoms with Gasteiger partial charge in [-0.2, -0.15) is 0 Å². The van der Waals surface area contributed by atoms with Crippen LogP contribution in [0.1, 0.15) is 48.5 Å². The zero-order valence-electron chi connectivity index (χ0n) is 16.5. The molecule has 29 heavy (non-hydrogen) atoms. The molecule has 2 amide bonds. The van der Waals surface area contributed by atoms with Crippen molar-refractivity contribution in [2.75, 3.05) is 0 Å². The van der Waals surface area contributed by atoms with Crippen molar-refractivity contribution >= 4 is 11.8 Å². The molecule has 6 nitrogen and oxygen atoms in total. The molecule has 0 radical (unpaired) electrons. The normalized spacial score (nSPS) is 32.2. The van der Waals surface area contributed by atoms with Crippen molar-refractivity contribution in [1.82, 2.24) is 15.6 Å². The number of aromatic nitrogens is 1. The molecule has 1 spiro atoms. The van der Waals surface area contributed by atoms with Crippen molar-refractivity contribution in [2.45, 2.75) is 44.9 Å². The molecule has 6 rings (SSSR count). The first-order valence-corrected chi connectivity index (χ1v) is 10.3. The van der Waals surface area contributed by atoms with Crippen molar-refractivity contribution in [1.29, 1.82) is 0 Å². The van der Waals surface area contributed by atoms with Crippen molar-refractivity contribution in [3.63, 3.8) is 0 Å². The van der Waals surface area contributed by atoms with E-state index in [2.05, 4.69) is 22.5 Å². The van der Waals surface area contributed by atoms with Crippen LogP contribution in [-0.4, -0.2) is 22.5 Å². The second-order valence-corrected chi connectivity index (χ2v) is 8.88. The number of hydrogen-bond acceptors (Lipinski definition) is 4. The largest absolute Gasteiger partial charge is 0.467 e. The molecular formula is C23H25N3O3. The third kappa shape index (κ3) is 2.98. The molecule has 0 saturated heterocycles. The summed E-state index contributed by atoms with van der Waals surface area (Å²) in [7, 11) is 0. The molecule has 2 aromatic rings. The van der Waals surface area contributed by atoms with Crippen LogP contribution < -0.4 is 15.4 Å². The van der Waals surface area contributed by atoms with Gasteiger partial charge in [0.1, 0.15) is 5.75 Å². The Morgan fingerprint density at radius 1 is 1.31 bits per heavy atom. The molecule has 6 heteroatoms. The van der Waals surface area contributed by atoms with Gasteiger partial charge in [-0.3, -0.25) is 14.6 Å². The molecule has 1 aromatic carbocycles. The van der Waals surface area contributed by atoms with Crippen LogP contribution >= 0.6 is 0 Å². The smallest absolute Gasteiger partial charge is 0.258 e. The van der Waals surface area contributed by atoms with E-state index in [4.69, 9.17) is 4.74 Å². The molecule has 3 fully saturated rings. The second kappa shape index (κ2) is 6.58. The molecule has 0 unspecified atom stereocenters. The summed E-state index contributed by atoms with van der Waals surface area (Å²) in [5.41, 5.74) is 0.643. The van der Waals surface area contributed by atoms with E-state index in [1.165, 1.54) is 0 Å². The molecule has 1 aliphatic heterocycles. The molecule has 3 saturated carbocycles. The van der Waals surface area contributed by atoms with E-state index in [1.54, 1.807) is 18.5 Å². The van der Waals surface area contributed by atoms with E-state index < -0.39 is 5.72 Å². The maximum absolute atomic E-state index is 13.0. The quantitative estimate of drug-likeness (QED) is 0.843. The monoisotopic (exact) mass is 391 g/mol. The van der Waals surface area contributed by atoms with Gasteiger partial charge in [0, 0.05) is 37.2 Å². The Balaban J connectivity index is 1.35. The van der Waals surface area contributed by atoms with Crippen LogP contribution in [0.15, 0.2) is 48.8 Å². The average Bonchev–Trinajstić information content (AvgIpc) is 2.72. The maximum Gasteiger partial charge on any atom is 0.258 e. The van der Waals surface area contributed by atoms with Gasteiger partial charge < -0.3 is 15.4 Å². The van der Waals surface area contributed by atoms with E-state index in [9.17, 15) is 9.59 Å². The number of fused-ring (bicyclic) bond motifs is 3. The second-order valence-electron chi connectivity index (χ2n) is 8.88. The summed E-state index contributed by atoms with van der Waals surface area (Å²) < 4.78 is 6.42. The lowest BCUT2D eigenvalue weighted by molar-refractivity contribution is -0.167. The first-order valence-electron chi connectivity index (χ1n) is 10.3. The van der Waals surface area contributed by atoms with Crippen LogP contribution in [0.4, 0.5) is 0 Å². The van der Waals surface area contributed by atoms with Gasteiger partial charge in [-0.1, -0.05) is 25.1 Å². The van der Waals surface area contributed by atoms with Crippen LogP contribution in [-0.2, 0) is 11.3 Å². The van der Waals surface area contributed by atoms with Gasteiger partial charge in [0.2, 0.25) is 5.91 Å². The summed E-state index contributed by atoms with van der Waals surface area (Å²) in [4.78, 5) is 29.9. The summed E-state index contributed by atoms with van der Waals surface area (Å²) in [6, 6.07) is 11.2. The topological polar surface area (TPSA) is 80.3 Å². The number of carbonyl (C=O) groups excluding carboxylic acids is 2.